The summed E-state index contributed by atoms with van der Waals surface area (Å²) in [6, 6.07) is 1.78. The maximum atomic E-state index is 6.00. The highest BCUT2D eigenvalue weighted by Gasteiger charge is 2.09. The van der Waals surface area contributed by atoms with Gasteiger partial charge in [0.1, 0.15) is 0 Å². The molecule has 78 valence electrons. The van der Waals surface area contributed by atoms with Crippen LogP contribution in [0.2, 0.25) is 0 Å². The first kappa shape index (κ1) is 11.2. The molecule has 0 amide bonds. The monoisotopic (exact) mass is 215 g/mol. The lowest BCUT2D eigenvalue weighted by Gasteiger charge is -2.19. The van der Waals surface area contributed by atoms with Crippen molar-refractivity contribution in [1.82, 2.24) is 9.97 Å². The number of hydrogen-bond acceptors (Lipinski definition) is 4. The zero-order valence-corrected chi connectivity index (χ0v) is 9.11. The highest BCUT2D eigenvalue weighted by molar-refractivity contribution is 6.21. The molecule has 5 heteroatoms. The summed E-state index contributed by atoms with van der Waals surface area (Å²) in [5, 5.41) is -0.0474. The zero-order chi connectivity index (χ0) is 10.4. The molecule has 1 aromatic heterocycles. The Bertz CT molecular complexity index is 257. The number of anilines is 1. The lowest BCUT2D eigenvalue weighted by molar-refractivity contribution is 0.199. The second kappa shape index (κ2) is 5.78. The summed E-state index contributed by atoms with van der Waals surface area (Å²) < 4.78 is 4.94. The van der Waals surface area contributed by atoms with Gasteiger partial charge in [0.25, 0.3) is 0 Å². The van der Waals surface area contributed by atoms with Gasteiger partial charge in [0.05, 0.1) is 12.0 Å². The summed E-state index contributed by atoms with van der Waals surface area (Å²) in [7, 11) is 3.54. The molecule has 1 heterocycles. The molecule has 1 atom stereocenters. The summed E-state index contributed by atoms with van der Waals surface area (Å²) in [5.41, 5.74) is 0. The van der Waals surface area contributed by atoms with E-state index in [1.807, 2.05) is 11.9 Å². The van der Waals surface area contributed by atoms with Gasteiger partial charge in [0.2, 0.25) is 5.95 Å². The van der Waals surface area contributed by atoms with Gasteiger partial charge in [-0.3, -0.25) is 0 Å². The first-order valence-electron chi connectivity index (χ1n) is 4.35. The number of alkyl halides is 1. The molecule has 0 saturated heterocycles. The molecule has 14 heavy (non-hydrogen) atoms. The molecule has 0 aliphatic rings. The molecule has 0 radical (unpaired) electrons. The van der Waals surface area contributed by atoms with Crippen LogP contribution in [-0.4, -0.2) is 42.7 Å². The molecule has 1 aromatic rings. The van der Waals surface area contributed by atoms with Crippen molar-refractivity contribution < 1.29 is 4.74 Å². The summed E-state index contributed by atoms with van der Waals surface area (Å²) in [4.78, 5) is 10.1. The third-order valence-corrected chi connectivity index (χ3v) is 1.98. The average molecular weight is 216 g/mol. The molecule has 0 bridgehead atoms. The average Bonchev–Trinajstić information content (AvgIpc) is 2.19. The van der Waals surface area contributed by atoms with E-state index in [1.54, 1.807) is 25.6 Å². The fourth-order valence-electron chi connectivity index (χ4n) is 1.10. The predicted octanol–water partition coefficient (Wildman–Crippen LogP) is 1.17. The van der Waals surface area contributed by atoms with Crippen LogP contribution in [0.3, 0.4) is 0 Å². The van der Waals surface area contributed by atoms with Gasteiger partial charge in [-0.15, -0.1) is 11.6 Å². The maximum Gasteiger partial charge on any atom is 0.225 e. The number of nitrogens with zero attached hydrogens (tertiary/aromatic N) is 3. The minimum absolute atomic E-state index is 0.0474. The van der Waals surface area contributed by atoms with Gasteiger partial charge in [-0.05, 0) is 6.07 Å². The Morgan fingerprint density at radius 1 is 1.50 bits per heavy atom. The van der Waals surface area contributed by atoms with Crippen molar-refractivity contribution in [2.24, 2.45) is 0 Å². The Kier molecular flexibility index (Phi) is 4.62. The van der Waals surface area contributed by atoms with E-state index in [2.05, 4.69) is 9.97 Å². The number of methoxy groups -OCH3 is 1. The predicted molar refractivity (Wildman–Crippen MR) is 56.8 cm³/mol. The van der Waals surface area contributed by atoms with E-state index in [0.29, 0.717) is 19.1 Å². The van der Waals surface area contributed by atoms with E-state index in [0.717, 1.165) is 0 Å². The van der Waals surface area contributed by atoms with E-state index < -0.39 is 0 Å². The highest BCUT2D eigenvalue weighted by atomic mass is 35.5. The third-order valence-electron chi connectivity index (χ3n) is 1.71. The van der Waals surface area contributed by atoms with Crippen molar-refractivity contribution >= 4 is 17.5 Å². The number of ether oxygens (including phenoxy) is 1. The Morgan fingerprint density at radius 2 is 2.14 bits per heavy atom. The van der Waals surface area contributed by atoms with Crippen molar-refractivity contribution in [3.63, 3.8) is 0 Å². The van der Waals surface area contributed by atoms with Crippen molar-refractivity contribution in [2.45, 2.75) is 5.38 Å². The normalized spacial score (nSPS) is 12.5. The van der Waals surface area contributed by atoms with Crippen LogP contribution >= 0.6 is 11.6 Å². The Balaban J connectivity index is 2.46. The quantitative estimate of drug-likeness (QED) is 0.692. The molecule has 1 rings (SSSR count). The number of halogens is 1. The molecule has 0 spiro atoms. The SMILES string of the molecule is COCC(Cl)CN(C)c1ncccn1. The van der Waals surface area contributed by atoms with Crippen LogP contribution in [0, 0.1) is 0 Å². The van der Waals surface area contributed by atoms with Crippen LogP contribution in [0.15, 0.2) is 18.5 Å². The Labute approximate surface area is 88.9 Å². The Morgan fingerprint density at radius 3 is 2.71 bits per heavy atom. The molecule has 0 fully saturated rings. The second-order valence-electron chi connectivity index (χ2n) is 2.98. The lowest BCUT2D eigenvalue weighted by atomic mass is 10.4. The Hall–Kier alpha value is -0.870. The van der Waals surface area contributed by atoms with Gasteiger partial charge in [-0.25, -0.2) is 9.97 Å². The molecule has 0 aromatic carbocycles. The largest absolute Gasteiger partial charge is 0.383 e. The van der Waals surface area contributed by atoms with Crippen LogP contribution in [0.25, 0.3) is 0 Å². The summed E-state index contributed by atoms with van der Waals surface area (Å²) in [6.45, 7) is 1.19. The topological polar surface area (TPSA) is 38.2 Å². The fraction of sp³-hybridized carbons (Fsp3) is 0.556. The highest BCUT2D eigenvalue weighted by Crippen LogP contribution is 2.06. The molecule has 4 nitrogen and oxygen atoms in total. The number of aromatic nitrogens is 2. The molecular weight excluding hydrogens is 202 g/mol. The van der Waals surface area contributed by atoms with Gasteiger partial charge in [-0.1, -0.05) is 0 Å². The van der Waals surface area contributed by atoms with Crippen molar-refractivity contribution in [1.29, 1.82) is 0 Å². The van der Waals surface area contributed by atoms with Crippen molar-refractivity contribution in [2.75, 3.05) is 32.2 Å². The molecule has 0 aliphatic carbocycles. The minimum atomic E-state index is -0.0474. The van der Waals surface area contributed by atoms with E-state index >= 15 is 0 Å². The third kappa shape index (κ3) is 3.47. The molecule has 0 saturated carbocycles. The molecular formula is C9H14ClN3O. The molecule has 0 aliphatic heterocycles. The van der Waals surface area contributed by atoms with Gasteiger partial charge in [-0.2, -0.15) is 0 Å². The summed E-state index contributed by atoms with van der Waals surface area (Å²) >= 11 is 6.00. The number of rotatable bonds is 5. The van der Waals surface area contributed by atoms with Gasteiger partial charge < -0.3 is 9.64 Å². The zero-order valence-electron chi connectivity index (χ0n) is 8.35. The number of hydrogen-bond donors (Lipinski definition) is 0. The lowest BCUT2D eigenvalue weighted by Crippen LogP contribution is -2.29. The molecule has 1 unspecified atom stereocenters. The second-order valence-corrected chi connectivity index (χ2v) is 3.60. The van der Waals surface area contributed by atoms with Gasteiger partial charge in [0, 0.05) is 33.1 Å². The van der Waals surface area contributed by atoms with Crippen molar-refractivity contribution in [3.05, 3.63) is 18.5 Å². The maximum absolute atomic E-state index is 6.00. The van der Waals surface area contributed by atoms with E-state index in [-0.39, 0.29) is 5.38 Å². The van der Waals surface area contributed by atoms with Crippen LogP contribution in [0.5, 0.6) is 0 Å². The van der Waals surface area contributed by atoms with Crippen LogP contribution in [0.1, 0.15) is 0 Å². The first-order valence-corrected chi connectivity index (χ1v) is 4.79. The fourth-order valence-corrected chi connectivity index (χ4v) is 1.43. The van der Waals surface area contributed by atoms with Gasteiger partial charge >= 0.3 is 0 Å². The van der Waals surface area contributed by atoms with Gasteiger partial charge in [0.15, 0.2) is 0 Å². The summed E-state index contributed by atoms with van der Waals surface area (Å²) in [6.07, 6.45) is 3.41. The molecule has 0 N–H and O–H groups in total. The van der Waals surface area contributed by atoms with E-state index in [9.17, 15) is 0 Å². The van der Waals surface area contributed by atoms with Crippen LogP contribution < -0.4 is 4.90 Å². The van der Waals surface area contributed by atoms with E-state index in [4.69, 9.17) is 16.3 Å². The van der Waals surface area contributed by atoms with Crippen LogP contribution in [0.4, 0.5) is 5.95 Å². The minimum Gasteiger partial charge on any atom is -0.383 e. The summed E-state index contributed by atoms with van der Waals surface area (Å²) in [5.74, 6) is 0.675. The van der Waals surface area contributed by atoms with E-state index in [1.165, 1.54) is 0 Å². The smallest absolute Gasteiger partial charge is 0.225 e. The van der Waals surface area contributed by atoms with Crippen LogP contribution in [-0.2, 0) is 4.74 Å². The van der Waals surface area contributed by atoms with Crippen molar-refractivity contribution in [3.8, 4) is 0 Å². The first-order chi connectivity index (χ1) is 6.74. The standard InChI is InChI=1S/C9H14ClN3O/c1-13(6-8(10)7-14-2)9-11-4-3-5-12-9/h3-5,8H,6-7H2,1-2H3.